The molecule has 1 saturated heterocycles. The van der Waals surface area contributed by atoms with E-state index in [1.165, 1.54) is 5.56 Å². The summed E-state index contributed by atoms with van der Waals surface area (Å²) in [5.41, 5.74) is 5.40. The molecule has 1 atom stereocenters. The van der Waals surface area contributed by atoms with Crippen molar-refractivity contribution in [1.82, 2.24) is 9.62 Å². The van der Waals surface area contributed by atoms with E-state index in [4.69, 9.17) is 4.74 Å². The van der Waals surface area contributed by atoms with E-state index in [2.05, 4.69) is 44.5 Å². The van der Waals surface area contributed by atoms with Crippen LogP contribution in [0.3, 0.4) is 0 Å². The van der Waals surface area contributed by atoms with E-state index in [9.17, 15) is 13.2 Å². The molecule has 34 heavy (non-hydrogen) atoms. The van der Waals surface area contributed by atoms with Crippen molar-refractivity contribution in [2.75, 3.05) is 27.3 Å². The second-order valence-corrected chi connectivity index (χ2v) is 11.8. The number of amides is 1. The van der Waals surface area contributed by atoms with Crippen LogP contribution in [0.2, 0.25) is 0 Å². The molecule has 1 fully saturated rings. The van der Waals surface area contributed by atoms with E-state index < -0.39 is 15.9 Å². The van der Waals surface area contributed by atoms with E-state index in [-0.39, 0.29) is 23.2 Å². The third-order valence-electron chi connectivity index (χ3n) is 6.30. The first-order valence-electron chi connectivity index (χ1n) is 12.0. The Hall–Kier alpha value is -2.22. The van der Waals surface area contributed by atoms with Gasteiger partial charge in [-0.05, 0) is 72.3 Å². The molecule has 0 spiro atoms. The van der Waals surface area contributed by atoms with E-state index >= 15 is 0 Å². The van der Waals surface area contributed by atoms with Crippen LogP contribution < -0.4 is 4.72 Å². The summed E-state index contributed by atoms with van der Waals surface area (Å²) >= 11 is 0. The van der Waals surface area contributed by atoms with Gasteiger partial charge in [-0.3, -0.25) is 4.79 Å². The average molecular weight is 487 g/mol. The number of ether oxygens (including phenoxy) is 1. The van der Waals surface area contributed by atoms with E-state index in [0.717, 1.165) is 41.9 Å². The monoisotopic (exact) mass is 486 g/mol. The number of nitrogens with zero attached hydrogens (tertiary/aromatic N) is 1. The molecule has 6 nitrogen and oxygen atoms in total. The van der Waals surface area contributed by atoms with Crippen molar-refractivity contribution in [1.29, 1.82) is 0 Å². The lowest BCUT2D eigenvalue weighted by Crippen LogP contribution is -2.32. The highest BCUT2D eigenvalue weighted by atomic mass is 32.2. The van der Waals surface area contributed by atoms with Crippen LogP contribution in [-0.4, -0.2) is 46.5 Å². The van der Waals surface area contributed by atoms with Gasteiger partial charge < -0.3 is 9.64 Å². The van der Waals surface area contributed by atoms with Crippen molar-refractivity contribution < 1.29 is 17.9 Å². The zero-order chi connectivity index (χ0) is 25.0. The quantitative estimate of drug-likeness (QED) is 0.563. The number of nitrogens with one attached hydrogen (secondary N) is 1. The summed E-state index contributed by atoms with van der Waals surface area (Å²) in [4.78, 5) is 15.1. The molecule has 1 aliphatic heterocycles. The van der Waals surface area contributed by atoms with Gasteiger partial charge in [0.2, 0.25) is 5.91 Å². The predicted molar refractivity (Wildman–Crippen MR) is 136 cm³/mol. The highest BCUT2D eigenvalue weighted by molar-refractivity contribution is 7.90. The van der Waals surface area contributed by atoms with Crippen molar-refractivity contribution in [2.24, 2.45) is 0 Å². The molecular formula is C27H38N2O4S. The number of hydrogen-bond acceptors (Lipinski definition) is 5. The van der Waals surface area contributed by atoms with Crippen molar-refractivity contribution in [3.63, 3.8) is 0 Å². The fraction of sp³-hybridized carbons (Fsp3) is 0.519. The number of carbonyl (C=O) groups excluding carboxylic acids is 1. The SMILES string of the molecule is CC(C)c1cc(C2CCOC2)cc(C(C)C)c1CC(=O)NS(=O)(=O)c1ccc(CN(C)C)cc1. The molecule has 1 unspecified atom stereocenters. The predicted octanol–water partition coefficient (Wildman–Crippen LogP) is 4.55. The Morgan fingerprint density at radius 3 is 2.12 bits per heavy atom. The number of hydrogen-bond donors (Lipinski definition) is 1. The van der Waals surface area contributed by atoms with Gasteiger partial charge in [0.15, 0.2) is 0 Å². The maximum Gasteiger partial charge on any atom is 0.264 e. The van der Waals surface area contributed by atoms with Crippen molar-refractivity contribution in [3.05, 3.63) is 64.2 Å². The smallest absolute Gasteiger partial charge is 0.264 e. The Morgan fingerprint density at radius 2 is 1.65 bits per heavy atom. The molecule has 2 aromatic carbocycles. The summed E-state index contributed by atoms with van der Waals surface area (Å²) in [6.07, 6.45) is 1.03. The number of sulfonamides is 1. The largest absolute Gasteiger partial charge is 0.381 e. The molecule has 1 aliphatic rings. The van der Waals surface area contributed by atoms with Crippen LogP contribution in [0.25, 0.3) is 0 Å². The summed E-state index contributed by atoms with van der Waals surface area (Å²) in [5.74, 6) is 0.277. The van der Waals surface area contributed by atoms with Crippen molar-refractivity contribution in [3.8, 4) is 0 Å². The third kappa shape index (κ3) is 6.46. The molecule has 1 amide bonds. The fourth-order valence-corrected chi connectivity index (χ4v) is 5.54. The lowest BCUT2D eigenvalue weighted by Gasteiger charge is -2.23. The van der Waals surface area contributed by atoms with Gasteiger partial charge in [0.1, 0.15) is 0 Å². The number of carbonyl (C=O) groups is 1. The molecule has 7 heteroatoms. The van der Waals surface area contributed by atoms with Gasteiger partial charge in [-0.2, -0.15) is 0 Å². The molecule has 1 N–H and O–H groups in total. The second kappa shape index (κ2) is 11.0. The van der Waals surface area contributed by atoms with Gasteiger partial charge in [0.25, 0.3) is 10.0 Å². The summed E-state index contributed by atoms with van der Waals surface area (Å²) in [5, 5.41) is 0. The molecule has 0 saturated carbocycles. The van der Waals surface area contributed by atoms with Crippen LogP contribution in [0.5, 0.6) is 0 Å². The van der Waals surface area contributed by atoms with E-state index in [1.54, 1.807) is 24.3 Å². The third-order valence-corrected chi connectivity index (χ3v) is 7.69. The normalized spacial score (nSPS) is 16.6. The first kappa shape index (κ1) is 26.4. The van der Waals surface area contributed by atoms with Crippen LogP contribution >= 0.6 is 0 Å². The van der Waals surface area contributed by atoms with E-state index in [0.29, 0.717) is 12.5 Å². The van der Waals surface area contributed by atoms with Crippen LogP contribution in [-0.2, 0) is 32.5 Å². The lowest BCUT2D eigenvalue weighted by atomic mass is 9.82. The number of benzene rings is 2. The Bertz CT molecular complexity index is 1070. The molecule has 0 bridgehead atoms. The zero-order valence-corrected chi connectivity index (χ0v) is 22.0. The zero-order valence-electron chi connectivity index (χ0n) is 21.2. The van der Waals surface area contributed by atoms with Gasteiger partial charge in [0, 0.05) is 19.1 Å². The molecule has 2 aromatic rings. The van der Waals surface area contributed by atoms with Crippen LogP contribution in [0.4, 0.5) is 0 Å². The standard InChI is InChI=1S/C27H38N2O4S/c1-18(2)24-13-22(21-11-12-33-17-21)14-25(19(3)4)26(24)15-27(30)28-34(31,32)23-9-7-20(8-10-23)16-29(5)6/h7-10,13-14,18-19,21H,11-12,15-17H2,1-6H3,(H,28,30). The van der Waals surface area contributed by atoms with Crippen LogP contribution in [0.1, 0.15) is 79.7 Å². The second-order valence-electron chi connectivity index (χ2n) is 10.1. The van der Waals surface area contributed by atoms with E-state index in [1.807, 2.05) is 19.0 Å². The summed E-state index contributed by atoms with van der Waals surface area (Å²) in [6, 6.07) is 11.0. The highest BCUT2D eigenvalue weighted by Gasteiger charge is 2.25. The minimum absolute atomic E-state index is 0.0282. The highest BCUT2D eigenvalue weighted by Crippen LogP contribution is 2.35. The average Bonchev–Trinajstić information content (AvgIpc) is 3.28. The van der Waals surface area contributed by atoms with Crippen molar-refractivity contribution in [2.45, 2.75) is 69.7 Å². The fourth-order valence-electron chi connectivity index (χ4n) is 4.55. The molecule has 0 aliphatic carbocycles. The molecule has 1 heterocycles. The minimum atomic E-state index is -3.94. The first-order valence-corrected chi connectivity index (χ1v) is 13.5. The van der Waals surface area contributed by atoms with Gasteiger partial charge in [0.05, 0.1) is 17.9 Å². The number of rotatable bonds is 9. The van der Waals surface area contributed by atoms with Gasteiger partial charge >= 0.3 is 0 Å². The van der Waals surface area contributed by atoms with Crippen molar-refractivity contribution >= 4 is 15.9 Å². The summed E-state index contributed by atoms with van der Waals surface area (Å²) < 4.78 is 33.6. The lowest BCUT2D eigenvalue weighted by molar-refractivity contribution is -0.118. The molecule has 0 radical (unpaired) electrons. The van der Waals surface area contributed by atoms with Crippen LogP contribution in [0, 0.1) is 0 Å². The topological polar surface area (TPSA) is 75.7 Å². The van der Waals surface area contributed by atoms with Gasteiger partial charge in [-0.15, -0.1) is 0 Å². The Morgan fingerprint density at radius 1 is 1.06 bits per heavy atom. The van der Waals surface area contributed by atoms with Gasteiger partial charge in [-0.1, -0.05) is 52.0 Å². The molecule has 3 rings (SSSR count). The Kier molecular flexibility index (Phi) is 8.55. The summed E-state index contributed by atoms with van der Waals surface area (Å²) in [6.45, 7) is 10.7. The maximum absolute atomic E-state index is 13.0. The minimum Gasteiger partial charge on any atom is -0.381 e. The Labute approximate surface area is 204 Å². The maximum atomic E-state index is 13.0. The van der Waals surface area contributed by atoms with Crippen LogP contribution in [0.15, 0.2) is 41.3 Å². The molecule has 0 aromatic heterocycles. The Balaban J connectivity index is 1.85. The van der Waals surface area contributed by atoms with Gasteiger partial charge in [-0.25, -0.2) is 13.1 Å². The molecule has 186 valence electrons. The molecular weight excluding hydrogens is 448 g/mol. The first-order chi connectivity index (χ1) is 16.0. The summed E-state index contributed by atoms with van der Waals surface area (Å²) in [7, 11) is -0.0336.